The fraction of sp³-hybridized carbons (Fsp3) is 0.400. The van der Waals surface area contributed by atoms with Gasteiger partial charge in [-0.3, -0.25) is 9.78 Å². The third kappa shape index (κ3) is 3.77. The quantitative estimate of drug-likeness (QED) is 0.683. The molecule has 0 bridgehead atoms. The molecule has 0 aliphatic carbocycles. The molecule has 0 radical (unpaired) electrons. The van der Waals surface area contributed by atoms with E-state index in [1.807, 2.05) is 29.2 Å². The van der Waals surface area contributed by atoms with Gasteiger partial charge in [-0.25, -0.2) is 0 Å². The van der Waals surface area contributed by atoms with Crippen molar-refractivity contribution >= 4 is 5.91 Å². The van der Waals surface area contributed by atoms with Crippen LogP contribution in [0.5, 0.6) is 0 Å². The molecular weight excluding hydrogens is 344 g/mol. The number of aromatic nitrogens is 3. The average Bonchev–Trinajstić information content (AvgIpc) is 3.33. The van der Waals surface area contributed by atoms with Gasteiger partial charge in [0.25, 0.3) is 5.89 Å². The van der Waals surface area contributed by atoms with Crippen LogP contribution in [0.1, 0.15) is 38.4 Å². The second kappa shape index (κ2) is 7.34. The molecule has 1 aliphatic rings. The van der Waals surface area contributed by atoms with E-state index in [-0.39, 0.29) is 11.8 Å². The Labute approximate surface area is 157 Å². The summed E-state index contributed by atoms with van der Waals surface area (Å²) in [7, 11) is 0. The minimum absolute atomic E-state index is 0.0913. The van der Waals surface area contributed by atoms with E-state index in [9.17, 15) is 4.79 Å². The van der Waals surface area contributed by atoms with Crippen LogP contribution < -0.4 is 0 Å². The number of hydrogen-bond acceptors (Lipinski definition) is 6. The van der Waals surface area contributed by atoms with E-state index >= 15 is 0 Å². The molecule has 0 N–H and O–H groups in total. The van der Waals surface area contributed by atoms with E-state index in [0.29, 0.717) is 36.4 Å². The lowest BCUT2D eigenvalue weighted by Gasteiger charge is -2.32. The van der Waals surface area contributed by atoms with Gasteiger partial charge in [-0.1, -0.05) is 19.0 Å². The molecule has 4 heterocycles. The molecular formula is C20H22N4O3. The number of amides is 1. The van der Waals surface area contributed by atoms with Crippen LogP contribution >= 0.6 is 0 Å². The minimum Gasteiger partial charge on any atom is -0.451 e. The van der Waals surface area contributed by atoms with Gasteiger partial charge >= 0.3 is 0 Å². The van der Waals surface area contributed by atoms with E-state index in [4.69, 9.17) is 8.94 Å². The van der Waals surface area contributed by atoms with Crippen molar-refractivity contribution < 1.29 is 13.7 Å². The number of nitrogens with zero attached hydrogens (tertiary/aromatic N) is 4. The summed E-state index contributed by atoms with van der Waals surface area (Å²) >= 11 is 0. The van der Waals surface area contributed by atoms with Crippen LogP contribution in [0.2, 0.25) is 0 Å². The summed E-state index contributed by atoms with van der Waals surface area (Å²) in [5, 5.41) is 4.14. The molecule has 3 aromatic rings. The maximum atomic E-state index is 12.1. The summed E-state index contributed by atoms with van der Waals surface area (Å²) < 4.78 is 11.3. The molecule has 1 unspecified atom stereocenters. The molecule has 0 aromatic carbocycles. The summed E-state index contributed by atoms with van der Waals surface area (Å²) in [5.41, 5.74) is 0.936. The lowest BCUT2D eigenvalue weighted by molar-refractivity contribution is -0.134. The van der Waals surface area contributed by atoms with Crippen molar-refractivity contribution in [3.05, 3.63) is 42.5 Å². The van der Waals surface area contributed by atoms with Crippen LogP contribution in [0.3, 0.4) is 0 Å². The SMILES string of the molecule is CC(C)CN1CC(c2noc(-c3ccc(-c4ccncc4)o3)n2)CCC1=O. The average molecular weight is 366 g/mol. The van der Waals surface area contributed by atoms with E-state index in [1.165, 1.54) is 0 Å². The predicted molar refractivity (Wildman–Crippen MR) is 98.6 cm³/mol. The lowest BCUT2D eigenvalue weighted by atomic mass is 9.96. The van der Waals surface area contributed by atoms with Crippen molar-refractivity contribution in [2.45, 2.75) is 32.6 Å². The normalized spacial score (nSPS) is 17.7. The number of furan rings is 1. The highest BCUT2D eigenvalue weighted by atomic mass is 16.5. The third-order valence-corrected chi connectivity index (χ3v) is 4.67. The molecule has 1 atom stereocenters. The molecule has 4 rings (SSSR count). The van der Waals surface area contributed by atoms with Crippen molar-refractivity contribution in [2.75, 3.05) is 13.1 Å². The van der Waals surface area contributed by atoms with Gasteiger partial charge in [0.1, 0.15) is 5.76 Å². The van der Waals surface area contributed by atoms with Gasteiger partial charge in [-0.15, -0.1) is 0 Å². The Bertz CT molecular complexity index is 916. The molecule has 7 nitrogen and oxygen atoms in total. The van der Waals surface area contributed by atoms with Crippen LogP contribution in [0.15, 0.2) is 45.6 Å². The number of likely N-dealkylation sites (tertiary alicyclic amines) is 1. The molecule has 0 spiro atoms. The predicted octanol–water partition coefficient (Wildman–Crippen LogP) is 3.75. The second-order valence-corrected chi connectivity index (χ2v) is 7.29. The molecule has 27 heavy (non-hydrogen) atoms. The van der Waals surface area contributed by atoms with Crippen LogP contribution in [-0.2, 0) is 4.79 Å². The molecule has 140 valence electrons. The molecule has 0 saturated carbocycles. The summed E-state index contributed by atoms with van der Waals surface area (Å²) in [6.45, 7) is 5.62. The van der Waals surface area contributed by atoms with Gasteiger partial charge in [-0.05, 0) is 36.6 Å². The molecule has 1 amide bonds. The standard InChI is InChI=1S/C20H22N4O3/c1-13(2)11-24-12-15(3-6-18(24)25)19-22-20(27-23-19)17-5-4-16(26-17)14-7-9-21-10-8-14/h4-5,7-10,13,15H,3,6,11-12H2,1-2H3. The molecule has 1 saturated heterocycles. The summed E-state index contributed by atoms with van der Waals surface area (Å²) in [4.78, 5) is 22.6. The number of pyridine rings is 1. The maximum Gasteiger partial charge on any atom is 0.293 e. The molecule has 1 fully saturated rings. The van der Waals surface area contributed by atoms with Gasteiger partial charge < -0.3 is 13.8 Å². The first-order chi connectivity index (χ1) is 13.1. The Hall–Kier alpha value is -2.96. The van der Waals surface area contributed by atoms with Crippen LogP contribution in [0, 0.1) is 5.92 Å². The van der Waals surface area contributed by atoms with Crippen molar-refractivity contribution in [3.8, 4) is 23.0 Å². The van der Waals surface area contributed by atoms with Gasteiger partial charge in [-0.2, -0.15) is 4.98 Å². The van der Waals surface area contributed by atoms with Crippen molar-refractivity contribution in [1.82, 2.24) is 20.0 Å². The smallest absolute Gasteiger partial charge is 0.293 e. The van der Waals surface area contributed by atoms with Crippen molar-refractivity contribution in [2.24, 2.45) is 5.92 Å². The third-order valence-electron chi connectivity index (χ3n) is 4.67. The number of carbonyl (C=O) groups excluding carboxylic acids is 1. The Kier molecular flexibility index (Phi) is 4.75. The fourth-order valence-electron chi connectivity index (χ4n) is 3.37. The molecule has 3 aromatic heterocycles. The Morgan fingerprint density at radius 3 is 2.74 bits per heavy atom. The summed E-state index contributed by atoms with van der Waals surface area (Å²) in [6, 6.07) is 7.45. The van der Waals surface area contributed by atoms with Crippen molar-refractivity contribution in [3.63, 3.8) is 0 Å². The summed E-state index contributed by atoms with van der Waals surface area (Å²) in [6.07, 6.45) is 4.70. The van der Waals surface area contributed by atoms with Crippen molar-refractivity contribution in [1.29, 1.82) is 0 Å². The van der Waals surface area contributed by atoms with Crippen LogP contribution in [-0.4, -0.2) is 39.0 Å². The zero-order chi connectivity index (χ0) is 18.8. The van der Waals surface area contributed by atoms with Gasteiger partial charge in [0.05, 0.1) is 0 Å². The Morgan fingerprint density at radius 1 is 1.19 bits per heavy atom. The number of hydrogen-bond donors (Lipinski definition) is 0. The zero-order valence-electron chi connectivity index (χ0n) is 15.5. The number of piperidine rings is 1. The van der Waals surface area contributed by atoms with Gasteiger partial charge in [0.2, 0.25) is 5.91 Å². The first-order valence-corrected chi connectivity index (χ1v) is 9.22. The highest BCUT2D eigenvalue weighted by Gasteiger charge is 2.30. The molecule has 7 heteroatoms. The highest BCUT2D eigenvalue weighted by molar-refractivity contribution is 5.77. The summed E-state index contributed by atoms with van der Waals surface area (Å²) in [5.74, 6) is 2.98. The monoisotopic (exact) mass is 366 g/mol. The zero-order valence-corrected chi connectivity index (χ0v) is 15.5. The van der Waals surface area contributed by atoms with Crippen LogP contribution in [0.4, 0.5) is 0 Å². The topological polar surface area (TPSA) is 85.3 Å². The Morgan fingerprint density at radius 2 is 1.96 bits per heavy atom. The van der Waals surface area contributed by atoms with Gasteiger partial charge in [0, 0.05) is 43.4 Å². The fourth-order valence-corrected chi connectivity index (χ4v) is 3.37. The second-order valence-electron chi connectivity index (χ2n) is 7.29. The first kappa shape index (κ1) is 17.5. The van der Waals surface area contributed by atoms with E-state index in [2.05, 4.69) is 29.0 Å². The highest BCUT2D eigenvalue weighted by Crippen LogP contribution is 2.30. The number of carbonyl (C=O) groups is 1. The van der Waals surface area contributed by atoms with E-state index in [0.717, 1.165) is 24.3 Å². The number of rotatable bonds is 5. The molecule has 1 aliphatic heterocycles. The maximum absolute atomic E-state index is 12.1. The van der Waals surface area contributed by atoms with E-state index in [1.54, 1.807) is 12.4 Å². The van der Waals surface area contributed by atoms with E-state index < -0.39 is 0 Å². The lowest BCUT2D eigenvalue weighted by Crippen LogP contribution is -2.41. The minimum atomic E-state index is 0.0913. The first-order valence-electron chi connectivity index (χ1n) is 9.22. The Balaban J connectivity index is 1.50. The van der Waals surface area contributed by atoms with Gasteiger partial charge in [0.15, 0.2) is 11.6 Å². The largest absolute Gasteiger partial charge is 0.451 e. The van der Waals surface area contributed by atoms with Crippen LogP contribution in [0.25, 0.3) is 23.0 Å².